The van der Waals surface area contributed by atoms with Crippen molar-refractivity contribution in [2.45, 2.75) is 56.8 Å². The molecule has 0 saturated heterocycles. The molecule has 9 aromatic carbocycles. The van der Waals surface area contributed by atoms with Crippen molar-refractivity contribution in [2.24, 2.45) is 0 Å². The number of hydrogen-bond acceptors (Lipinski definition) is 4. The molecule has 1 N–H and O–H groups in total. The Morgan fingerprint density at radius 1 is 0.529 bits per heavy atom. The predicted molar refractivity (Wildman–Crippen MR) is 289 cm³/mol. The van der Waals surface area contributed by atoms with Gasteiger partial charge in [-0.1, -0.05) is 167 Å². The number of nitrogens with one attached hydrogen (secondary N) is 1. The second kappa shape index (κ2) is 13.4. The predicted octanol–water partition coefficient (Wildman–Crippen LogP) is 15.6. The Hall–Kier alpha value is -7.34. The summed E-state index contributed by atoms with van der Waals surface area (Å²) < 4.78 is 9.78. The van der Waals surface area contributed by atoms with E-state index >= 15 is 0 Å². The van der Waals surface area contributed by atoms with Crippen LogP contribution in [0.25, 0.3) is 64.4 Å². The summed E-state index contributed by atoms with van der Waals surface area (Å²) in [4.78, 5) is 2.63. The van der Waals surface area contributed by atoms with E-state index in [1.54, 1.807) is 0 Å². The lowest BCUT2D eigenvalue weighted by Crippen LogP contribution is -2.47. The Kier molecular flexibility index (Phi) is 7.65. The van der Waals surface area contributed by atoms with Crippen LogP contribution < -0.4 is 21.1 Å². The van der Waals surface area contributed by atoms with Crippen molar-refractivity contribution >= 4 is 100 Å². The van der Waals surface area contributed by atoms with Gasteiger partial charge in [0, 0.05) is 64.8 Å². The van der Waals surface area contributed by atoms with Crippen LogP contribution in [0.1, 0.15) is 73.9 Å². The molecular formula is C63H47BN2OS. The molecule has 1 spiro atoms. The van der Waals surface area contributed by atoms with Crippen molar-refractivity contribution in [3.63, 3.8) is 0 Å². The van der Waals surface area contributed by atoms with Crippen LogP contribution in [0.4, 0.5) is 28.4 Å². The molecule has 2 aromatic heterocycles. The fourth-order valence-corrected chi connectivity index (χ4v) is 14.6. The molecule has 0 radical (unpaired) electrons. The first kappa shape index (κ1) is 38.7. The second-order valence-corrected chi connectivity index (χ2v) is 22.1. The van der Waals surface area contributed by atoms with Gasteiger partial charge in [0.05, 0.1) is 11.1 Å². The molecule has 3 nitrogen and oxygen atoms in total. The molecule has 68 heavy (non-hydrogen) atoms. The molecule has 0 unspecified atom stereocenters. The van der Waals surface area contributed by atoms with E-state index in [0.717, 1.165) is 46.2 Å². The maximum absolute atomic E-state index is 7.23. The molecule has 324 valence electrons. The van der Waals surface area contributed by atoms with Crippen molar-refractivity contribution < 1.29 is 4.42 Å². The molecular weight excluding hydrogens is 844 g/mol. The zero-order valence-electron chi connectivity index (χ0n) is 38.6. The molecule has 2 aliphatic carbocycles. The number of rotatable bonds is 3. The standard InChI is InChI=1S/C63H47BN2OS/c1-61(2)32-33-62(3,4)48-34-36(28-30-45(48)61)65-50-31-29-41-40-19-8-14-27-54(40)68-60(41)55(50)56-57-52(35-42-39-18-7-13-26-53(39)67-59(42)56)66-51-25-12-11-22-46(51)63(47-23-15-24-49(64-57)58(47)66)43-20-9-5-16-37(43)38-17-6-10-21-44(38)63/h5-31,34-35,64-65H,32-33H2,1-4H3. The Labute approximate surface area is 400 Å². The second-order valence-electron chi connectivity index (χ2n) is 21.0. The largest absolute Gasteiger partial charge is 0.455 e. The first-order valence-corrected chi connectivity index (χ1v) is 25.1. The third-order valence-electron chi connectivity index (χ3n) is 16.5. The number of hydrogen-bond donors (Lipinski definition) is 1. The van der Waals surface area contributed by atoms with Crippen molar-refractivity contribution in [2.75, 3.05) is 10.2 Å². The van der Waals surface area contributed by atoms with Crippen molar-refractivity contribution in [3.8, 4) is 22.3 Å². The smallest absolute Gasteiger partial charge is 0.198 e. The van der Waals surface area contributed by atoms with Crippen LogP contribution >= 0.6 is 11.3 Å². The third kappa shape index (κ3) is 4.94. The van der Waals surface area contributed by atoms with E-state index in [4.69, 9.17) is 4.42 Å². The van der Waals surface area contributed by atoms with Crippen LogP contribution in [-0.2, 0) is 16.2 Å². The van der Waals surface area contributed by atoms with E-state index in [2.05, 4.69) is 214 Å². The summed E-state index contributed by atoms with van der Waals surface area (Å²) in [5.41, 5.74) is 23.4. The van der Waals surface area contributed by atoms with Gasteiger partial charge in [0.2, 0.25) is 0 Å². The van der Waals surface area contributed by atoms with Crippen LogP contribution in [0.3, 0.4) is 0 Å². The lowest BCUT2D eigenvalue weighted by molar-refractivity contribution is 0.332. The van der Waals surface area contributed by atoms with Gasteiger partial charge in [-0.05, 0) is 116 Å². The van der Waals surface area contributed by atoms with E-state index in [1.165, 1.54) is 111 Å². The number of fused-ring (bicyclic) bond motifs is 18. The van der Waals surface area contributed by atoms with Crippen molar-refractivity contribution in [1.29, 1.82) is 0 Å². The SMILES string of the molecule is CC1(C)CCC(C)(C)c2cc(Nc3ccc4c(sc5ccccc54)c3-c3c4c(cc5c3oc3ccccc35)N3c5ccccc5C5(c6ccccc6-c6ccccc65)c5cccc(c53)B4)ccc21. The zero-order chi connectivity index (χ0) is 45.3. The molecule has 0 saturated carbocycles. The van der Waals surface area contributed by atoms with Crippen molar-refractivity contribution in [1.82, 2.24) is 0 Å². The highest BCUT2D eigenvalue weighted by Crippen LogP contribution is 2.64. The fraction of sp³-hybridized carbons (Fsp3) is 0.143. The molecule has 4 aliphatic rings. The molecule has 2 aliphatic heterocycles. The minimum atomic E-state index is -0.475. The average Bonchev–Trinajstić information content (AvgIpc) is 4.02. The highest BCUT2D eigenvalue weighted by atomic mass is 32.1. The van der Waals surface area contributed by atoms with E-state index in [1.807, 2.05) is 11.3 Å². The minimum absolute atomic E-state index is 0.0813. The first-order chi connectivity index (χ1) is 33.2. The number of thiophene rings is 1. The van der Waals surface area contributed by atoms with Crippen LogP contribution in [0.5, 0.6) is 0 Å². The molecule has 4 heterocycles. The molecule has 0 bridgehead atoms. The Bertz CT molecular complexity index is 3970. The lowest BCUT2D eigenvalue weighted by atomic mass is 9.54. The van der Waals surface area contributed by atoms with Gasteiger partial charge < -0.3 is 14.6 Å². The molecule has 0 fully saturated rings. The van der Waals surface area contributed by atoms with Crippen LogP contribution in [0.15, 0.2) is 180 Å². The van der Waals surface area contributed by atoms with Gasteiger partial charge in [-0.3, -0.25) is 0 Å². The lowest BCUT2D eigenvalue weighted by Gasteiger charge is -2.48. The molecule has 0 amide bonds. The summed E-state index contributed by atoms with van der Waals surface area (Å²) in [5.74, 6) is 0. The van der Waals surface area contributed by atoms with E-state index in [0.29, 0.717) is 0 Å². The fourth-order valence-electron chi connectivity index (χ4n) is 13.3. The number of anilines is 5. The first-order valence-electron chi connectivity index (χ1n) is 24.3. The van der Waals surface area contributed by atoms with Crippen molar-refractivity contribution in [3.05, 3.63) is 209 Å². The van der Waals surface area contributed by atoms with E-state index in [9.17, 15) is 0 Å². The van der Waals surface area contributed by atoms with Gasteiger partial charge in [-0.2, -0.15) is 0 Å². The third-order valence-corrected chi connectivity index (χ3v) is 17.7. The summed E-state index contributed by atoms with van der Waals surface area (Å²) in [6, 6.07) is 66.4. The van der Waals surface area contributed by atoms with E-state index < -0.39 is 5.41 Å². The van der Waals surface area contributed by atoms with Gasteiger partial charge in [-0.25, -0.2) is 0 Å². The highest BCUT2D eigenvalue weighted by Gasteiger charge is 2.53. The van der Waals surface area contributed by atoms with Crippen LogP contribution in [-0.4, -0.2) is 7.28 Å². The number of para-hydroxylation sites is 3. The van der Waals surface area contributed by atoms with Crippen LogP contribution in [0, 0.1) is 0 Å². The van der Waals surface area contributed by atoms with Gasteiger partial charge in [0.1, 0.15) is 11.2 Å². The summed E-state index contributed by atoms with van der Waals surface area (Å²) in [6.45, 7) is 9.66. The highest BCUT2D eigenvalue weighted by molar-refractivity contribution is 7.26. The molecule has 11 aromatic rings. The molecule has 0 atom stereocenters. The summed E-state index contributed by atoms with van der Waals surface area (Å²) >= 11 is 1.90. The Balaban J connectivity index is 1.04. The number of nitrogens with zero attached hydrogens (tertiary/aromatic N) is 1. The maximum Gasteiger partial charge on any atom is 0.198 e. The average molecular weight is 891 g/mol. The van der Waals surface area contributed by atoms with Gasteiger partial charge in [-0.15, -0.1) is 11.3 Å². The minimum Gasteiger partial charge on any atom is -0.455 e. The Morgan fingerprint density at radius 3 is 2.01 bits per heavy atom. The normalized spacial score (nSPS) is 16.3. The number of furan rings is 1. The summed E-state index contributed by atoms with van der Waals surface area (Å²) in [7, 11) is 0.752. The zero-order valence-corrected chi connectivity index (χ0v) is 39.4. The summed E-state index contributed by atoms with van der Waals surface area (Å²) in [5, 5.41) is 8.92. The van der Waals surface area contributed by atoms with Gasteiger partial charge >= 0.3 is 0 Å². The quantitative estimate of drug-likeness (QED) is 0.179. The monoisotopic (exact) mass is 890 g/mol. The summed E-state index contributed by atoms with van der Waals surface area (Å²) in [6.07, 6.45) is 2.35. The molecule has 5 heteroatoms. The maximum atomic E-state index is 7.23. The van der Waals surface area contributed by atoms with Crippen LogP contribution in [0.2, 0.25) is 0 Å². The molecule has 15 rings (SSSR count). The number of benzene rings is 9. The van der Waals surface area contributed by atoms with Gasteiger partial charge in [0.25, 0.3) is 0 Å². The van der Waals surface area contributed by atoms with E-state index in [-0.39, 0.29) is 10.8 Å². The van der Waals surface area contributed by atoms with Gasteiger partial charge in [0.15, 0.2) is 7.28 Å². The topological polar surface area (TPSA) is 28.4 Å². The Morgan fingerprint density at radius 2 is 1.21 bits per heavy atom.